The minimum absolute atomic E-state index is 1.17. The van der Waals surface area contributed by atoms with Gasteiger partial charge in [-0.3, -0.25) is 0 Å². The van der Waals surface area contributed by atoms with Gasteiger partial charge in [-0.15, -0.1) is 0 Å². The summed E-state index contributed by atoms with van der Waals surface area (Å²) in [6.45, 7) is 2.21. The molecule has 0 amide bonds. The van der Waals surface area contributed by atoms with E-state index < -0.39 is 0 Å². The Morgan fingerprint density at radius 3 is 2.47 bits per heavy atom. The molecule has 0 aliphatic rings. The van der Waals surface area contributed by atoms with E-state index in [4.69, 9.17) is 0 Å². The van der Waals surface area contributed by atoms with Gasteiger partial charge in [0, 0.05) is 23.3 Å². The Kier molecular flexibility index (Phi) is 3.59. The first kappa shape index (κ1) is 17.0. The highest BCUT2D eigenvalue weighted by Crippen LogP contribution is 2.35. The standard InChI is InChI=1S/C27H22N3/c1-19-14-15-20-17-22-11-8-16-29(22)18-23(20)26(19)27-28(2)24-12-6-7-13-25(24)30(27)21-9-4-3-5-10-21/h3-18H,1-2H3/q+1. The lowest BCUT2D eigenvalue weighted by molar-refractivity contribution is -0.633. The number of imidazole rings is 1. The van der Waals surface area contributed by atoms with E-state index in [1.54, 1.807) is 0 Å². The van der Waals surface area contributed by atoms with Gasteiger partial charge in [0.1, 0.15) is 5.69 Å². The summed E-state index contributed by atoms with van der Waals surface area (Å²) in [5.41, 5.74) is 7.35. The number of nitrogens with zero attached hydrogens (tertiary/aromatic N) is 3. The Bertz CT molecular complexity index is 1550. The number of para-hydroxylation sites is 3. The van der Waals surface area contributed by atoms with Crippen molar-refractivity contribution in [1.29, 1.82) is 0 Å². The highest BCUT2D eigenvalue weighted by molar-refractivity contribution is 5.99. The second-order valence-corrected chi connectivity index (χ2v) is 7.92. The monoisotopic (exact) mass is 388 g/mol. The van der Waals surface area contributed by atoms with E-state index in [1.165, 1.54) is 50.0 Å². The molecule has 3 heteroatoms. The van der Waals surface area contributed by atoms with Crippen LogP contribution in [0, 0.1) is 6.92 Å². The summed E-state index contributed by atoms with van der Waals surface area (Å²) in [4.78, 5) is 0. The fourth-order valence-corrected chi connectivity index (χ4v) is 4.68. The van der Waals surface area contributed by atoms with Gasteiger partial charge in [-0.25, -0.2) is 4.57 Å². The number of benzene rings is 3. The minimum Gasteiger partial charge on any atom is -0.323 e. The first-order chi connectivity index (χ1) is 14.7. The van der Waals surface area contributed by atoms with Crippen molar-refractivity contribution in [2.75, 3.05) is 0 Å². The van der Waals surface area contributed by atoms with Crippen molar-refractivity contribution < 1.29 is 4.57 Å². The van der Waals surface area contributed by atoms with Crippen LogP contribution < -0.4 is 4.57 Å². The molecular weight excluding hydrogens is 366 g/mol. The fraction of sp³-hybridized carbons (Fsp3) is 0.0741. The first-order valence-corrected chi connectivity index (χ1v) is 10.3. The third-order valence-corrected chi connectivity index (χ3v) is 6.12. The smallest absolute Gasteiger partial charge is 0.295 e. The Hall–Kier alpha value is -3.85. The van der Waals surface area contributed by atoms with E-state index in [1.807, 2.05) is 0 Å². The maximum absolute atomic E-state index is 2.39. The molecule has 6 aromatic rings. The summed E-state index contributed by atoms with van der Waals surface area (Å²) in [5, 5.41) is 2.51. The molecule has 0 aliphatic heterocycles. The third kappa shape index (κ3) is 2.35. The normalized spacial score (nSPS) is 11.7. The van der Waals surface area contributed by atoms with Crippen molar-refractivity contribution in [1.82, 2.24) is 8.97 Å². The minimum atomic E-state index is 1.17. The van der Waals surface area contributed by atoms with Crippen LogP contribution >= 0.6 is 0 Å². The lowest BCUT2D eigenvalue weighted by Gasteiger charge is -2.11. The zero-order valence-corrected chi connectivity index (χ0v) is 17.1. The molecule has 0 fully saturated rings. The molecule has 3 aromatic carbocycles. The van der Waals surface area contributed by atoms with E-state index in [0.29, 0.717) is 0 Å². The molecule has 0 unspecified atom stereocenters. The number of fused-ring (bicyclic) bond motifs is 3. The molecule has 0 saturated heterocycles. The molecule has 3 aromatic heterocycles. The van der Waals surface area contributed by atoms with Gasteiger partial charge in [-0.2, -0.15) is 4.57 Å². The number of pyridine rings is 1. The van der Waals surface area contributed by atoms with Gasteiger partial charge in [0.2, 0.25) is 0 Å². The molecule has 3 nitrogen and oxygen atoms in total. The van der Waals surface area contributed by atoms with E-state index in [2.05, 4.69) is 125 Å². The summed E-state index contributed by atoms with van der Waals surface area (Å²) in [6.07, 6.45) is 4.38. The molecule has 0 bridgehead atoms. The lowest BCUT2D eigenvalue weighted by atomic mass is 10.00. The van der Waals surface area contributed by atoms with Crippen molar-refractivity contribution in [3.05, 3.63) is 103 Å². The van der Waals surface area contributed by atoms with Crippen LogP contribution in [0.2, 0.25) is 0 Å². The molecule has 6 rings (SSSR count). The second kappa shape index (κ2) is 6.33. The van der Waals surface area contributed by atoms with E-state index in [0.717, 1.165) is 0 Å². The number of hydrogen-bond acceptors (Lipinski definition) is 0. The lowest BCUT2D eigenvalue weighted by Crippen LogP contribution is -2.30. The molecule has 0 saturated carbocycles. The van der Waals surface area contributed by atoms with Gasteiger partial charge < -0.3 is 4.40 Å². The zero-order chi connectivity index (χ0) is 20.2. The van der Waals surface area contributed by atoms with Crippen LogP contribution in [0.1, 0.15) is 5.56 Å². The predicted octanol–water partition coefficient (Wildman–Crippen LogP) is 5.84. The molecular formula is C27H22N3+. The molecule has 0 atom stereocenters. The summed E-state index contributed by atoms with van der Waals surface area (Å²) in [6, 6.07) is 30.3. The van der Waals surface area contributed by atoms with Gasteiger partial charge in [-0.1, -0.05) is 42.5 Å². The van der Waals surface area contributed by atoms with Gasteiger partial charge in [-0.05, 0) is 60.3 Å². The van der Waals surface area contributed by atoms with Crippen molar-refractivity contribution in [3.63, 3.8) is 0 Å². The van der Waals surface area contributed by atoms with Crippen LogP contribution in [0.5, 0.6) is 0 Å². The fourth-order valence-electron chi connectivity index (χ4n) is 4.68. The van der Waals surface area contributed by atoms with Crippen LogP contribution in [-0.4, -0.2) is 8.97 Å². The second-order valence-electron chi connectivity index (χ2n) is 7.92. The summed E-state index contributed by atoms with van der Waals surface area (Å²) in [7, 11) is 2.17. The van der Waals surface area contributed by atoms with Gasteiger partial charge in [0.25, 0.3) is 5.82 Å². The van der Waals surface area contributed by atoms with Crippen molar-refractivity contribution in [2.24, 2.45) is 7.05 Å². The Morgan fingerprint density at radius 1 is 0.800 bits per heavy atom. The quantitative estimate of drug-likeness (QED) is 0.331. The first-order valence-electron chi connectivity index (χ1n) is 10.3. The highest BCUT2D eigenvalue weighted by Gasteiger charge is 2.28. The van der Waals surface area contributed by atoms with Crippen LogP contribution in [0.15, 0.2) is 97.3 Å². The molecule has 144 valence electrons. The largest absolute Gasteiger partial charge is 0.323 e. The van der Waals surface area contributed by atoms with Crippen LogP contribution in [0.3, 0.4) is 0 Å². The highest BCUT2D eigenvalue weighted by atomic mass is 15.2. The Labute approximate surface area is 175 Å². The predicted molar refractivity (Wildman–Crippen MR) is 123 cm³/mol. The number of aromatic nitrogens is 3. The van der Waals surface area contributed by atoms with Crippen molar-refractivity contribution in [2.45, 2.75) is 6.92 Å². The number of rotatable bonds is 2. The molecule has 0 radical (unpaired) electrons. The zero-order valence-electron chi connectivity index (χ0n) is 17.1. The van der Waals surface area contributed by atoms with Crippen LogP contribution in [0.25, 0.3) is 44.4 Å². The summed E-state index contributed by atoms with van der Waals surface area (Å²) in [5.74, 6) is 1.19. The summed E-state index contributed by atoms with van der Waals surface area (Å²) < 4.78 is 6.92. The van der Waals surface area contributed by atoms with Gasteiger partial charge in [0.05, 0.1) is 12.6 Å². The number of hydrogen-bond donors (Lipinski definition) is 0. The molecule has 30 heavy (non-hydrogen) atoms. The third-order valence-electron chi connectivity index (χ3n) is 6.12. The molecule has 3 heterocycles. The Morgan fingerprint density at radius 2 is 1.60 bits per heavy atom. The van der Waals surface area contributed by atoms with Crippen molar-refractivity contribution in [3.8, 4) is 17.1 Å². The van der Waals surface area contributed by atoms with Crippen molar-refractivity contribution >= 4 is 27.3 Å². The number of aryl methyl sites for hydroxylation is 2. The molecule has 0 spiro atoms. The van der Waals surface area contributed by atoms with E-state index in [9.17, 15) is 0 Å². The topological polar surface area (TPSA) is 13.2 Å². The molecule has 0 N–H and O–H groups in total. The SMILES string of the molecule is Cc1ccc2cc3cccn3cc2c1-c1n(-c2ccccc2)c2ccccc2[n+]1C. The molecule has 0 aliphatic carbocycles. The summed E-state index contributed by atoms with van der Waals surface area (Å²) >= 11 is 0. The van der Waals surface area contributed by atoms with Crippen LogP contribution in [-0.2, 0) is 7.05 Å². The maximum Gasteiger partial charge on any atom is 0.295 e. The van der Waals surface area contributed by atoms with E-state index >= 15 is 0 Å². The van der Waals surface area contributed by atoms with E-state index in [-0.39, 0.29) is 0 Å². The average molecular weight is 388 g/mol. The van der Waals surface area contributed by atoms with Gasteiger partial charge >= 0.3 is 0 Å². The van der Waals surface area contributed by atoms with Gasteiger partial charge in [0.15, 0.2) is 11.0 Å². The average Bonchev–Trinajstić information content (AvgIpc) is 3.35. The maximum atomic E-state index is 2.39. The van der Waals surface area contributed by atoms with Crippen LogP contribution in [0.4, 0.5) is 0 Å². The Balaban J connectivity index is 1.81.